The van der Waals surface area contributed by atoms with Crippen molar-refractivity contribution in [2.45, 2.75) is 65.0 Å². The number of carbonyl (C=O) groups is 4. The van der Waals surface area contributed by atoms with Gasteiger partial charge in [0.1, 0.15) is 17.9 Å². The summed E-state index contributed by atoms with van der Waals surface area (Å²) in [6, 6.07) is 11.4. The van der Waals surface area contributed by atoms with Crippen molar-refractivity contribution in [3.05, 3.63) is 53.6 Å². The maximum absolute atomic E-state index is 13.6. The van der Waals surface area contributed by atoms with Crippen LogP contribution in [0.2, 0.25) is 0 Å². The Kier molecular flexibility index (Phi) is 10.7. The number of amides is 1. The molecule has 3 rings (SSSR count). The molecular weight excluding hydrogens is 530 g/mol. The molecule has 0 saturated carbocycles. The number of benzene rings is 2. The molecule has 1 saturated heterocycles. The maximum atomic E-state index is 13.6. The van der Waals surface area contributed by atoms with Crippen molar-refractivity contribution in [1.82, 2.24) is 4.90 Å². The van der Waals surface area contributed by atoms with E-state index < -0.39 is 47.8 Å². The van der Waals surface area contributed by atoms with E-state index in [-0.39, 0.29) is 0 Å². The molecule has 2 aromatic carbocycles. The molecule has 41 heavy (non-hydrogen) atoms. The Bertz CT molecular complexity index is 1250. The minimum absolute atomic E-state index is 0.301. The Hall–Kier alpha value is -4.08. The Morgan fingerprint density at radius 3 is 2.39 bits per heavy atom. The molecule has 10 heteroatoms. The lowest BCUT2D eigenvalue weighted by Crippen LogP contribution is -2.53. The molecular formula is C31H39NO9. The highest BCUT2D eigenvalue weighted by atomic mass is 16.5. The van der Waals surface area contributed by atoms with Crippen LogP contribution in [0.1, 0.15) is 63.7 Å². The molecule has 10 nitrogen and oxygen atoms in total. The summed E-state index contributed by atoms with van der Waals surface area (Å²) in [5.74, 6) is -1.44. The van der Waals surface area contributed by atoms with Gasteiger partial charge in [-0.2, -0.15) is 0 Å². The maximum Gasteiger partial charge on any atom is 0.341 e. The van der Waals surface area contributed by atoms with Gasteiger partial charge in [0.2, 0.25) is 5.78 Å². The highest BCUT2D eigenvalue weighted by Gasteiger charge is 2.40. The topological polar surface area (TPSA) is 129 Å². The number of Topliss-reactive ketones (excluding diaryl/α,β-unsaturated/α-hetero) is 1. The SMILES string of the molecule is COc1ccc(CCC(OC(=O)C2CCCCN2C(=O)C(=O)C(C)(C)C)c2cccc(OCC(=O)O)c2)cc1OC. The van der Waals surface area contributed by atoms with Gasteiger partial charge >= 0.3 is 11.9 Å². The van der Waals surface area contributed by atoms with Crippen molar-refractivity contribution in [2.75, 3.05) is 27.4 Å². The molecule has 1 N–H and O–H groups in total. The van der Waals surface area contributed by atoms with Gasteiger partial charge in [-0.05, 0) is 67.5 Å². The summed E-state index contributed by atoms with van der Waals surface area (Å²) in [6.07, 6.45) is 1.97. The standard InChI is InChI=1S/C31H39NO9/c1-31(2,3)28(35)29(36)32-16-7-6-11-23(32)30(37)41-24(21-9-8-10-22(18-21)40-19-27(33)34)14-12-20-13-15-25(38-4)26(17-20)39-5/h8-10,13,15,17-18,23-24H,6-7,11-12,14,16,19H2,1-5H3,(H,33,34). The van der Waals surface area contributed by atoms with Crippen LogP contribution in [-0.4, -0.2) is 67.0 Å². The van der Waals surface area contributed by atoms with Crippen molar-refractivity contribution < 1.29 is 43.2 Å². The van der Waals surface area contributed by atoms with Crippen molar-refractivity contribution in [3.63, 3.8) is 0 Å². The number of carboxylic acids is 1. The van der Waals surface area contributed by atoms with E-state index in [4.69, 9.17) is 24.1 Å². The predicted molar refractivity (Wildman–Crippen MR) is 150 cm³/mol. The Labute approximate surface area is 240 Å². The summed E-state index contributed by atoms with van der Waals surface area (Å²) in [5, 5.41) is 9.00. The number of esters is 1. The normalized spacial score (nSPS) is 15.9. The van der Waals surface area contributed by atoms with Crippen LogP contribution in [0.4, 0.5) is 0 Å². The second-order valence-electron chi connectivity index (χ2n) is 11.0. The Balaban J connectivity index is 1.87. The number of hydrogen-bond acceptors (Lipinski definition) is 8. The van der Waals surface area contributed by atoms with Gasteiger partial charge in [0.15, 0.2) is 18.1 Å². The van der Waals surface area contributed by atoms with E-state index in [0.717, 1.165) is 12.0 Å². The number of piperidine rings is 1. The van der Waals surface area contributed by atoms with Crippen molar-refractivity contribution in [3.8, 4) is 17.2 Å². The first-order valence-corrected chi connectivity index (χ1v) is 13.7. The van der Waals surface area contributed by atoms with Crippen LogP contribution in [0.15, 0.2) is 42.5 Å². The summed E-state index contributed by atoms with van der Waals surface area (Å²) < 4.78 is 22.1. The van der Waals surface area contributed by atoms with E-state index in [1.54, 1.807) is 65.3 Å². The zero-order chi connectivity index (χ0) is 30.2. The number of aryl methyl sites for hydroxylation is 1. The first-order valence-electron chi connectivity index (χ1n) is 13.7. The number of carbonyl (C=O) groups excluding carboxylic acids is 3. The number of ether oxygens (including phenoxy) is 4. The number of aliphatic carboxylic acids is 1. The van der Waals surface area contributed by atoms with E-state index in [9.17, 15) is 19.2 Å². The molecule has 0 radical (unpaired) electrons. The van der Waals surface area contributed by atoms with E-state index in [2.05, 4.69) is 0 Å². The molecule has 1 aliphatic heterocycles. The second kappa shape index (κ2) is 14.0. The molecule has 1 heterocycles. The van der Waals surface area contributed by atoms with Crippen LogP contribution in [0.5, 0.6) is 17.2 Å². The zero-order valence-corrected chi connectivity index (χ0v) is 24.3. The molecule has 2 unspecified atom stereocenters. The molecule has 2 aromatic rings. The lowest BCUT2D eigenvalue weighted by atomic mass is 9.89. The van der Waals surface area contributed by atoms with E-state index >= 15 is 0 Å². The van der Waals surface area contributed by atoms with Gasteiger partial charge in [-0.1, -0.05) is 39.0 Å². The molecule has 2 atom stereocenters. The van der Waals surface area contributed by atoms with Crippen molar-refractivity contribution in [1.29, 1.82) is 0 Å². The first kappa shape index (κ1) is 31.4. The van der Waals surface area contributed by atoms with Gasteiger partial charge in [-0.3, -0.25) is 9.59 Å². The molecule has 0 bridgehead atoms. The van der Waals surface area contributed by atoms with Crippen LogP contribution in [0.3, 0.4) is 0 Å². The molecule has 0 aliphatic carbocycles. The van der Waals surface area contributed by atoms with Gasteiger partial charge in [0, 0.05) is 12.0 Å². The molecule has 222 valence electrons. The number of ketones is 1. The van der Waals surface area contributed by atoms with Crippen LogP contribution in [-0.2, 0) is 30.3 Å². The third kappa shape index (κ3) is 8.45. The number of likely N-dealkylation sites (tertiary alicyclic amines) is 1. The van der Waals surface area contributed by atoms with Gasteiger partial charge < -0.3 is 29.0 Å². The van der Waals surface area contributed by atoms with Crippen molar-refractivity contribution >= 4 is 23.6 Å². The van der Waals surface area contributed by atoms with Gasteiger partial charge in [0.25, 0.3) is 5.91 Å². The van der Waals surface area contributed by atoms with E-state index in [0.29, 0.717) is 55.0 Å². The predicted octanol–water partition coefficient (Wildman–Crippen LogP) is 4.38. The molecule has 1 fully saturated rings. The summed E-state index contributed by atoms with van der Waals surface area (Å²) in [4.78, 5) is 51.8. The number of methoxy groups -OCH3 is 2. The van der Waals surface area contributed by atoms with Crippen LogP contribution in [0, 0.1) is 5.41 Å². The Morgan fingerprint density at radius 2 is 1.73 bits per heavy atom. The minimum atomic E-state index is -1.11. The zero-order valence-electron chi connectivity index (χ0n) is 24.3. The fourth-order valence-corrected chi connectivity index (χ4v) is 4.67. The average Bonchev–Trinajstić information content (AvgIpc) is 2.96. The highest BCUT2D eigenvalue weighted by molar-refractivity contribution is 6.38. The van der Waals surface area contributed by atoms with Gasteiger partial charge in [-0.15, -0.1) is 0 Å². The molecule has 1 amide bonds. The number of hydrogen-bond donors (Lipinski definition) is 1. The summed E-state index contributed by atoms with van der Waals surface area (Å²) >= 11 is 0. The lowest BCUT2D eigenvalue weighted by Gasteiger charge is -2.35. The molecule has 0 aromatic heterocycles. The largest absolute Gasteiger partial charge is 0.493 e. The first-order chi connectivity index (χ1) is 19.4. The third-order valence-electron chi connectivity index (χ3n) is 6.90. The summed E-state index contributed by atoms with van der Waals surface area (Å²) in [5.41, 5.74) is 0.662. The van der Waals surface area contributed by atoms with E-state index in [1.165, 1.54) is 4.90 Å². The minimum Gasteiger partial charge on any atom is -0.493 e. The Morgan fingerprint density at radius 1 is 1.00 bits per heavy atom. The molecule has 1 aliphatic rings. The van der Waals surface area contributed by atoms with Crippen LogP contribution < -0.4 is 14.2 Å². The average molecular weight is 570 g/mol. The van der Waals surface area contributed by atoms with E-state index in [1.807, 2.05) is 12.1 Å². The quantitative estimate of drug-likeness (QED) is 0.292. The van der Waals surface area contributed by atoms with Crippen LogP contribution in [0.25, 0.3) is 0 Å². The summed E-state index contributed by atoms with van der Waals surface area (Å²) in [7, 11) is 3.11. The van der Waals surface area contributed by atoms with Gasteiger partial charge in [-0.25, -0.2) is 9.59 Å². The summed E-state index contributed by atoms with van der Waals surface area (Å²) in [6.45, 7) is 4.81. The number of carboxylic acid groups (broad SMARTS) is 1. The molecule has 0 spiro atoms. The number of nitrogens with zero attached hydrogens (tertiary/aromatic N) is 1. The monoisotopic (exact) mass is 569 g/mol. The van der Waals surface area contributed by atoms with Crippen molar-refractivity contribution in [2.24, 2.45) is 5.41 Å². The van der Waals surface area contributed by atoms with Gasteiger partial charge in [0.05, 0.1) is 14.2 Å². The lowest BCUT2D eigenvalue weighted by molar-refractivity contribution is -0.164. The van der Waals surface area contributed by atoms with Crippen LogP contribution >= 0.6 is 0 Å². The highest BCUT2D eigenvalue weighted by Crippen LogP contribution is 2.32. The smallest absolute Gasteiger partial charge is 0.341 e. The fraction of sp³-hybridized carbons (Fsp3) is 0.484. The number of rotatable bonds is 12. The second-order valence-corrected chi connectivity index (χ2v) is 11.0. The fourth-order valence-electron chi connectivity index (χ4n) is 4.67. The third-order valence-corrected chi connectivity index (χ3v) is 6.90.